The van der Waals surface area contributed by atoms with Crippen LogP contribution >= 0.6 is 0 Å². The summed E-state index contributed by atoms with van der Waals surface area (Å²) in [7, 11) is -0.343. The molecular weight excluding hydrogens is 289 g/mol. The molecule has 1 aliphatic heterocycles. The summed E-state index contributed by atoms with van der Waals surface area (Å²) in [6.45, 7) is 12.2. The highest BCUT2D eigenvalue weighted by Gasteiger charge is 2.51. The number of anilines is 1. The van der Waals surface area contributed by atoms with Crippen molar-refractivity contribution in [3.05, 3.63) is 48.8 Å². The minimum atomic E-state index is -0.343. The Labute approximate surface area is 137 Å². The first-order valence-corrected chi connectivity index (χ1v) is 7.70. The second-order valence-electron chi connectivity index (χ2n) is 6.78. The molecular formula is C17H22BN3O2. The summed E-state index contributed by atoms with van der Waals surface area (Å²) < 4.78 is 12.1. The standard InChI is InChI=1S/C17H22BN3O2/c1-12(15-10-11-19-21-15)20-14-8-6-13(7-9-14)18-22-16(2,3)17(4,5)23-18/h6-11,20H,1H2,2-5H3,(H,19,21). The lowest BCUT2D eigenvalue weighted by Gasteiger charge is -2.32. The first kappa shape index (κ1) is 15.8. The van der Waals surface area contributed by atoms with Crippen molar-refractivity contribution < 1.29 is 9.31 Å². The van der Waals surface area contributed by atoms with E-state index in [0.717, 1.165) is 22.5 Å². The maximum atomic E-state index is 6.06. The molecule has 0 saturated carbocycles. The van der Waals surface area contributed by atoms with Crippen LogP contribution in [0.25, 0.3) is 5.70 Å². The molecule has 2 heterocycles. The third kappa shape index (κ3) is 3.05. The molecule has 0 spiro atoms. The molecule has 1 aromatic heterocycles. The predicted molar refractivity (Wildman–Crippen MR) is 93.4 cm³/mol. The summed E-state index contributed by atoms with van der Waals surface area (Å²) in [5, 5.41) is 10.0. The van der Waals surface area contributed by atoms with Gasteiger partial charge in [-0.2, -0.15) is 5.10 Å². The smallest absolute Gasteiger partial charge is 0.399 e. The normalized spacial score (nSPS) is 18.9. The molecule has 0 radical (unpaired) electrons. The van der Waals surface area contributed by atoms with Gasteiger partial charge in [0.25, 0.3) is 0 Å². The molecule has 1 fully saturated rings. The maximum Gasteiger partial charge on any atom is 0.494 e. The Morgan fingerprint density at radius 3 is 2.22 bits per heavy atom. The highest BCUT2D eigenvalue weighted by Crippen LogP contribution is 2.36. The summed E-state index contributed by atoms with van der Waals surface area (Å²) in [4.78, 5) is 0. The van der Waals surface area contributed by atoms with Crippen molar-refractivity contribution in [2.75, 3.05) is 5.32 Å². The van der Waals surface area contributed by atoms with Crippen LogP contribution in [0.4, 0.5) is 5.69 Å². The Balaban J connectivity index is 1.70. The fraction of sp³-hybridized carbons (Fsp3) is 0.353. The van der Waals surface area contributed by atoms with E-state index in [-0.39, 0.29) is 18.3 Å². The number of hydrogen-bond acceptors (Lipinski definition) is 4. The van der Waals surface area contributed by atoms with E-state index in [4.69, 9.17) is 9.31 Å². The molecule has 1 aliphatic rings. The molecule has 0 aliphatic carbocycles. The zero-order chi connectivity index (χ0) is 16.7. The molecule has 3 rings (SSSR count). The van der Waals surface area contributed by atoms with Gasteiger partial charge in [-0.05, 0) is 51.4 Å². The third-order valence-electron chi connectivity index (χ3n) is 4.56. The van der Waals surface area contributed by atoms with Crippen molar-refractivity contribution in [2.24, 2.45) is 0 Å². The maximum absolute atomic E-state index is 6.06. The average Bonchev–Trinajstić information content (AvgIpc) is 3.07. The van der Waals surface area contributed by atoms with E-state index < -0.39 is 0 Å². The van der Waals surface area contributed by atoms with Crippen LogP contribution in [0, 0.1) is 0 Å². The van der Waals surface area contributed by atoms with E-state index in [1.165, 1.54) is 0 Å². The van der Waals surface area contributed by atoms with E-state index in [9.17, 15) is 0 Å². The number of nitrogens with zero attached hydrogens (tertiary/aromatic N) is 1. The summed E-state index contributed by atoms with van der Waals surface area (Å²) in [6, 6.07) is 9.85. The Kier molecular flexibility index (Phi) is 3.82. The fourth-order valence-corrected chi connectivity index (χ4v) is 2.37. The Hall–Kier alpha value is -2.05. The van der Waals surface area contributed by atoms with Gasteiger partial charge >= 0.3 is 7.12 Å². The highest BCUT2D eigenvalue weighted by molar-refractivity contribution is 6.62. The van der Waals surface area contributed by atoms with Gasteiger partial charge in [0.15, 0.2) is 0 Å². The molecule has 120 valence electrons. The lowest BCUT2D eigenvalue weighted by Crippen LogP contribution is -2.41. The van der Waals surface area contributed by atoms with Gasteiger partial charge in [-0.3, -0.25) is 5.10 Å². The topological polar surface area (TPSA) is 59.2 Å². The largest absolute Gasteiger partial charge is 0.494 e. The van der Waals surface area contributed by atoms with Gasteiger partial charge in [0.2, 0.25) is 0 Å². The summed E-state index contributed by atoms with van der Waals surface area (Å²) in [5.41, 5.74) is 2.92. The van der Waals surface area contributed by atoms with Crippen molar-refractivity contribution in [3.63, 3.8) is 0 Å². The number of hydrogen-bond donors (Lipinski definition) is 2. The quantitative estimate of drug-likeness (QED) is 0.853. The van der Waals surface area contributed by atoms with Crippen LogP contribution < -0.4 is 10.8 Å². The van der Waals surface area contributed by atoms with E-state index >= 15 is 0 Å². The number of nitrogens with one attached hydrogen (secondary N) is 2. The lowest BCUT2D eigenvalue weighted by atomic mass is 9.79. The molecule has 1 saturated heterocycles. The summed E-state index contributed by atoms with van der Waals surface area (Å²) in [6.07, 6.45) is 1.70. The van der Waals surface area contributed by atoms with Crippen molar-refractivity contribution in [1.82, 2.24) is 10.2 Å². The molecule has 1 aromatic carbocycles. The number of H-pyrrole nitrogens is 1. The Bertz CT molecular complexity index is 677. The molecule has 0 unspecified atom stereocenters. The fourth-order valence-electron chi connectivity index (χ4n) is 2.37. The van der Waals surface area contributed by atoms with Crippen LogP contribution in [0.5, 0.6) is 0 Å². The number of aromatic nitrogens is 2. The van der Waals surface area contributed by atoms with Crippen LogP contribution in [0.3, 0.4) is 0 Å². The molecule has 6 heteroatoms. The van der Waals surface area contributed by atoms with Crippen LogP contribution in [-0.2, 0) is 9.31 Å². The van der Waals surface area contributed by atoms with Crippen molar-refractivity contribution in [3.8, 4) is 0 Å². The highest BCUT2D eigenvalue weighted by atomic mass is 16.7. The molecule has 0 amide bonds. The van der Waals surface area contributed by atoms with Crippen LogP contribution in [0.15, 0.2) is 43.1 Å². The van der Waals surface area contributed by atoms with Gasteiger partial charge in [0, 0.05) is 11.9 Å². The van der Waals surface area contributed by atoms with Crippen molar-refractivity contribution in [1.29, 1.82) is 0 Å². The summed E-state index contributed by atoms with van der Waals surface area (Å²) >= 11 is 0. The molecule has 23 heavy (non-hydrogen) atoms. The number of aromatic amines is 1. The SMILES string of the molecule is C=C(Nc1ccc(B2OC(C)(C)C(C)(C)O2)cc1)c1ccn[nH]1. The minimum Gasteiger partial charge on any atom is -0.399 e. The number of benzene rings is 1. The van der Waals surface area contributed by atoms with Crippen molar-refractivity contribution >= 4 is 24.0 Å². The van der Waals surface area contributed by atoms with Gasteiger partial charge in [0.1, 0.15) is 0 Å². The lowest BCUT2D eigenvalue weighted by molar-refractivity contribution is 0.00578. The monoisotopic (exact) mass is 311 g/mol. The number of rotatable bonds is 4. The summed E-state index contributed by atoms with van der Waals surface area (Å²) in [5.74, 6) is 0. The second-order valence-corrected chi connectivity index (χ2v) is 6.78. The van der Waals surface area contributed by atoms with E-state index in [2.05, 4.69) is 49.8 Å². The van der Waals surface area contributed by atoms with E-state index in [1.807, 2.05) is 30.3 Å². The van der Waals surface area contributed by atoms with E-state index in [0.29, 0.717) is 0 Å². The van der Waals surface area contributed by atoms with Gasteiger partial charge in [0.05, 0.1) is 22.6 Å². The zero-order valence-electron chi connectivity index (χ0n) is 14.0. The van der Waals surface area contributed by atoms with Crippen LogP contribution in [0.2, 0.25) is 0 Å². The molecule has 2 N–H and O–H groups in total. The third-order valence-corrected chi connectivity index (χ3v) is 4.56. The molecule has 0 bridgehead atoms. The first-order chi connectivity index (χ1) is 10.8. The second kappa shape index (κ2) is 5.55. The average molecular weight is 311 g/mol. The minimum absolute atomic E-state index is 0.330. The molecule has 5 nitrogen and oxygen atoms in total. The Morgan fingerprint density at radius 2 is 1.70 bits per heavy atom. The van der Waals surface area contributed by atoms with Gasteiger partial charge < -0.3 is 14.6 Å². The van der Waals surface area contributed by atoms with Crippen LogP contribution in [0.1, 0.15) is 33.4 Å². The molecule has 0 atom stereocenters. The first-order valence-electron chi connectivity index (χ1n) is 7.70. The van der Waals surface area contributed by atoms with Gasteiger partial charge in [-0.1, -0.05) is 18.7 Å². The predicted octanol–water partition coefficient (Wildman–Crippen LogP) is 2.79. The Morgan fingerprint density at radius 1 is 1.09 bits per heavy atom. The van der Waals surface area contributed by atoms with Gasteiger partial charge in [-0.25, -0.2) is 0 Å². The van der Waals surface area contributed by atoms with E-state index in [1.54, 1.807) is 6.20 Å². The van der Waals surface area contributed by atoms with Gasteiger partial charge in [-0.15, -0.1) is 0 Å². The molecule has 2 aromatic rings. The zero-order valence-corrected chi connectivity index (χ0v) is 14.0. The van der Waals surface area contributed by atoms with Crippen LogP contribution in [-0.4, -0.2) is 28.5 Å². The van der Waals surface area contributed by atoms with Crippen molar-refractivity contribution in [2.45, 2.75) is 38.9 Å².